The molecule has 6 aromatic rings. The number of anilines is 4. The number of phenols is 1. The first-order valence-electron chi connectivity index (χ1n) is 21.7. The van der Waals surface area contributed by atoms with Gasteiger partial charge in [0.25, 0.3) is 20.2 Å². The molecule has 0 saturated carbocycles. The molecule has 0 aliphatic rings. The molecule has 0 saturated heterocycles. The Bertz CT molecular complexity index is 3230. The summed E-state index contributed by atoms with van der Waals surface area (Å²) in [5.41, 5.74) is 12.7. The number of amides is 1. The third-order valence-corrected chi connectivity index (χ3v) is 15.5. The number of nitrogens with zero attached hydrogens (tertiary/aromatic N) is 6. The SMILES string of the molecule is CCO[Si](CCCNC(=O)Oc1ccc(N=Nc2ccc(Nc3ccc(N=Nc4c(SOOO)cc5cc(S(=O)(=O)O)c(N=Nc6ccccc6)c(O)c5c4N)cc3S(=O)(=O)O)cc2)c(N)c1)(OCC)OCC. The molecule has 0 bridgehead atoms. The molecule has 25 nitrogen and oxygen atoms in total. The van der Waals surface area contributed by atoms with E-state index in [1.54, 1.807) is 54.6 Å². The molecule has 0 radical (unpaired) electrons. The van der Waals surface area contributed by atoms with Crippen molar-refractivity contribution in [2.45, 2.75) is 47.9 Å². The van der Waals surface area contributed by atoms with Crippen molar-refractivity contribution in [3.63, 3.8) is 0 Å². The minimum atomic E-state index is -5.02. The fraction of sp³-hybridized carbons (Fsp3) is 0.205. The smallest absolute Gasteiger partial charge is 0.500 e. The zero-order valence-electron chi connectivity index (χ0n) is 38.9. The number of nitrogen functional groups attached to an aromatic ring is 2. The summed E-state index contributed by atoms with van der Waals surface area (Å²) in [4.78, 5) is 11.0. The Morgan fingerprint density at radius 1 is 0.712 bits per heavy atom. The van der Waals surface area contributed by atoms with Gasteiger partial charge in [-0.25, -0.2) is 10.1 Å². The van der Waals surface area contributed by atoms with E-state index in [2.05, 4.69) is 50.7 Å². The van der Waals surface area contributed by atoms with Crippen LogP contribution in [0.25, 0.3) is 10.8 Å². The standard InChI is InChI=1S/C44H48N10O15S3Si/c1-4-64-73(65-5-2,66-6-3)22-10-21-47-44(56)67-32-18-20-34(33(45)26-32)52-49-30-15-13-28(14-16-30)48-35-19-17-31(25-37(35)71(58,59)60)51-53-41-36(70-69-68-57)23-27-24-38(72(61,62)63)42(43(55)39(27)40(41)46)54-50-29-11-8-7-9-12-29/h7-9,11-20,23-26,48,55,57H,4-6,10,21-22,45-46H2,1-3H3,(H,47,56)(H,58,59,60)(H,61,62,63). The molecule has 29 heteroatoms. The van der Waals surface area contributed by atoms with Crippen molar-refractivity contribution in [3.8, 4) is 11.5 Å². The average molecular weight is 1080 g/mol. The molecule has 6 aromatic carbocycles. The molecule has 10 N–H and O–H groups in total. The van der Waals surface area contributed by atoms with E-state index < -0.39 is 56.4 Å². The van der Waals surface area contributed by atoms with Gasteiger partial charge in [-0.15, -0.1) is 19.7 Å². The molecule has 0 fully saturated rings. The largest absolute Gasteiger partial charge is 0.505 e. The summed E-state index contributed by atoms with van der Waals surface area (Å²) in [6, 6.07) is 25.1. The molecule has 1 amide bonds. The molecule has 0 aliphatic heterocycles. The van der Waals surface area contributed by atoms with Crippen molar-refractivity contribution in [1.29, 1.82) is 0 Å². The number of hydrogen-bond acceptors (Lipinski definition) is 23. The summed E-state index contributed by atoms with van der Waals surface area (Å²) in [7, 11) is -12.8. The number of carbonyl (C=O) groups excluding carboxylic acids is 1. The Morgan fingerprint density at radius 3 is 1.96 bits per heavy atom. The van der Waals surface area contributed by atoms with Gasteiger partial charge in [0, 0.05) is 44.2 Å². The van der Waals surface area contributed by atoms with Crippen LogP contribution >= 0.6 is 12.0 Å². The van der Waals surface area contributed by atoms with Gasteiger partial charge in [-0.05, 0) is 111 Å². The minimum absolute atomic E-state index is 0.0697. The quantitative estimate of drug-likeness (QED) is 0.00408. The lowest BCUT2D eigenvalue weighted by atomic mass is 10.1. The number of fused-ring (bicyclic) bond motifs is 1. The first-order chi connectivity index (χ1) is 34.9. The molecular weight excluding hydrogens is 1030 g/mol. The highest BCUT2D eigenvalue weighted by atomic mass is 32.2. The number of ether oxygens (including phenoxy) is 1. The molecule has 386 valence electrons. The van der Waals surface area contributed by atoms with E-state index in [-0.39, 0.29) is 61.2 Å². The third-order valence-electron chi connectivity index (χ3n) is 9.93. The topological polar surface area (TPSA) is 372 Å². The van der Waals surface area contributed by atoms with Crippen molar-refractivity contribution in [2.24, 2.45) is 30.7 Å². The van der Waals surface area contributed by atoms with Crippen LogP contribution in [0.1, 0.15) is 27.2 Å². The number of phenolic OH excluding ortho intramolecular Hbond substituents is 1. The molecule has 73 heavy (non-hydrogen) atoms. The van der Waals surface area contributed by atoms with Gasteiger partial charge < -0.3 is 45.2 Å². The maximum absolute atomic E-state index is 12.7. The lowest BCUT2D eigenvalue weighted by molar-refractivity contribution is -0.432. The summed E-state index contributed by atoms with van der Waals surface area (Å²) >= 11 is 0.335. The number of benzene rings is 6. The zero-order chi connectivity index (χ0) is 52.8. The molecule has 0 heterocycles. The molecule has 0 aromatic heterocycles. The fourth-order valence-electron chi connectivity index (χ4n) is 6.83. The lowest BCUT2D eigenvalue weighted by Crippen LogP contribution is -2.46. The second kappa shape index (κ2) is 25.1. The van der Waals surface area contributed by atoms with Crippen LogP contribution in [-0.4, -0.2) is 77.6 Å². The summed E-state index contributed by atoms with van der Waals surface area (Å²) in [6.07, 6.45) is -0.146. The number of nitrogens with two attached hydrogens (primary N) is 2. The van der Waals surface area contributed by atoms with Crippen LogP contribution in [0.5, 0.6) is 11.5 Å². The lowest BCUT2D eigenvalue weighted by Gasteiger charge is -2.28. The van der Waals surface area contributed by atoms with Crippen molar-refractivity contribution >= 4 is 115 Å². The summed E-state index contributed by atoms with van der Waals surface area (Å²) in [6.45, 7) is 7.23. The summed E-state index contributed by atoms with van der Waals surface area (Å²) < 4.78 is 98.0. The van der Waals surface area contributed by atoms with Crippen LogP contribution in [0.2, 0.25) is 6.04 Å². The van der Waals surface area contributed by atoms with Gasteiger partial charge in [0.05, 0.1) is 56.4 Å². The normalized spacial score (nSPS) is 12.4. The Balaban J connectivity index is 1.16. The third kappa shape index (κ3) is 14.8. The fourth-order valence-corrected chi connectivity index (χ4v) is 11.3. The molecule has 0 unspecified atom stereocenters. The molecule has 0 spiro atoms. The minimum Gasteiger partial charge on any atom is -0.505 e. The van der Waals surface area contributed by atoms with E-state index in [0.29, 0.717) is 62.2 Å². The van der Waals surface area contributed by atoms with Crippen LogP contribution in [0.3, 0.4) is 0 Å². The van der Waals surface area contributed by atoms with Gasteiger partial charge in [0.1, 0.15) is 32.6 Å². The van der Waals surface area contributed by atoms with Gasteiger partial charge in [-0.3, -0.25) is 9.11 Å². The first-order valence-corrected chi connectivity index (χ1v) is 27.2. The van der Waals surface area contributed by atoms with E-state index in [4.69, 9.17) is 34.7 Å². The second-order valence-corrected chi connectivity index (χ2v) is 21.1. The number of aromatic hydroxyl groups is 1. The van der Waals surface area contributed by atoms with Crippen molar-refractivity contribution in [3.05, 3.63) is 103 Å². The highest BCUT2D eigenvalue weighted by Gasteiger charge is 2.39. The van der Waals surface area contributed by atoms with Crippen molar-refractivity contribution in [1.82, 2.24) is 5.32 Å². The second-order valence-electron chi connectivity index (χ2n) is 14.9. The summed E-state index contributed by atoms with van der Waals surface area (Å²) in [5, 5.41) is 53.7. The van der Waals surface area contributed by atoms with E-state index in [0.717, 1.165) is 12.1 Å². The van der Waals surface area contributed by atoms with E-state index in [1.165, 1.54) is 36.4 Å². The highest BCUT2D eigenvalue weighted by Crippen LogP contribution is 2.49. The van der Waals surface area contributed by atoms with Gasteiger partial charge in [0.15, 0.2) is 5.75 Å². The number of azo groups is 3. The number of rotatable bonds is 24. The Kier molecular flexibility index (Phi) is 19.0. The maximum Gasteiger partial charge on any atom is 0.500 e. The van der Waals surface area contributed by atoms with Crippen LogP contribution in [0.15, 0.2) is 149 Å². The maximum atomic E-state index is 12.7. The summed E-state index contributed by atoms with van der Waals surface area (Å²) in [5.74, 6) is -0.648. The van der Waals surface area contributed by atoms with Gasteiger partial charge in [-0.1, -0.05) is 23.2 Å². The van der Waals surface area contributed by atoms with Crippen LogP contribution in [0.4, 0.5) is 61.7 Å². The zero-order valence-corrected chi connectivity index (χ0v) is 42.3. The van der Waals surface area contributed by atoms with E-state index in [1.807, 2.05) is 20.8 Å². The molecule has 0 atom stereocenters. The molecular formula is C44H48N10O15S3Si. The van der Waals surface area contributed by atoms with Crippen molar-refractivity contribution < 1.29 is 68.5 Å². The Hall–Kier alpha value is -7.00. The highest BCUT2D eigenvalue weighted by molar-refractivity contribution is 7.94. The predicted molar refractivity (Wildman–Crippen MR) is 270 cm³/mol. The van der Waals surface area contributed by atoms with Crippen LogP contribution in [0, 0.1) is 0 Å². The van der Waals surface area contributed by atoms with Crippen LogP contribution < -0.4 is 26.8 Å². The monoisotopic (exact) mass is 1080 g/mol. The van der Waals surface area contributed by atoms with Crippen molar-refractivity contribution in [2.75, 3.05) is 43.1 Å². The Labute approximate surface area is 423 Å². The molecule has 6 rings (SSSR count). The Morgan fingerprint density at radius 2 is 1.33 bits per heavy atom. The number of nitrogens with one attached hydrogen (secondary N) is 2. The van der Waals surface area contributed by atoms with Gasteiger partial charge >= 0.3 is 14.9 Å². The predicted octanol–water partition coefficient (Wildman–Crippen LogP) is 11.1. The number of carbonyl (C=O) groups is 1. The first kappa shape index (κ1) is 55.3. The van der Waals surface area contributed by atoms with Gasteiger partial charge in [-0.2, -0.15) is 32.2 Å². The van der Waals surface area contributed by atoms with Crippen LogP contribution in [-0.2, 0) is 42.9 Å². The number of hydrogen-bond donors (Lipinski definition) is 8. The van der Waals surface area contributed by atoms with E-state index >= 15 is 0 Å². The van der Waals surface area contributed by atoms with E-state index in [9.17, 15) is 35.8 Å². The molecule has 0 aliphatic carbocycles. The average Bonchev–Trinajstić information content (AvgIpc) is 3.34. The van der Waals surface area contributed by atoms with Gasteiger partial charge in [0.2, 0.25) is 0 Å².